The van der Waals surface area contributed by atoms with Gasteiger partial charge in [-0.05, 0) is 18.2 Å². The first kappa shape index (κ1) is 18.8. The minimum absolute atomic E-state index is 0.0712. The summed E-state index contributed by atoms with van der Waals surface area (Å²) >= 11 is 0. The van der Waals surface area contributed by atoms with Crippen LogP contribution < -0.4 is 5.32 Å². The summed E-state index contributed by atoms with van der Waals surface area (Å²) in [5, 5.41) is 13.2. The molecule has 2 fully saturated rings. The Morgan fingerprint density at radius 2 is 2.04 bits per heavy atom. The molecule has 8 heteroatoms. The highest BCUT2D eigenvalue weighted by Gasteiger charge is 2.38. The zero-order chi connectivity index (χ0) is 18.7. The standard InChI is InChI=1S/C18H24FN3O4/c1-12(23)22-7-5-21(6-8-22)10-16-17(24)15(11-26-16)20-18(25)13-3-2-4-14(19)9-13/h2-4,9,15-17,24H,5-8,10-11H2,1H3,(H,20,25). The normalized spacial score (nSPS) is 26.7. The van der Waals surface area contributed by atoms with Crippen molar-refractivity contribution in [3.63, 3.8) is 0 Å². The van der Waals surface area contributed by atoms with E-state index in [9.17, 15) is 19.1 Å². The smallest absolute Gasteiger partial charge is 0.251 e. The van der Waals surface area contributed by atoms with Crippen LogP contribution >= 0.6 is 0 Å². The van der Waals surface area contributed by atoms with E-state index >= 15 is 0 Å². The van der Waals surface area contributed by atoms with Crippen LogP contribution in [-0.2, 0) is 9.53 Å². The number of aliphatic hydroxyl groups excluding tert-OH is 1. The number of benzene rings is 1. The van der Waals surface area contributed by atoms with Crippen LogP contribution in [0.5, 0.6) is 0 Å². The number of carbonyl (C=O) groups is 2. The van der Waals surface area contributed by atoms with Crippen LogP contribution in [0.2, 0.25) is 0 Å². The molecule has 26 heavy (non-hydrogen) atoms. The second kappa shape index (κ2) is 8.11. The average molecular weight is 365 g/mol. The van der Waals surface area contributed by atoms with E-state index in [1.165, 1.54) is 18.2 Å². The molecule has 1 aromatic rings. The predicted molar refractivity (Wildman–Crippen MR) is 92.1 cm³/mol. The van der Waals surface area contributed by atoms with Gasteiger partial charge in [0.05, 0.1) is 18.8 Å². The van der Waals surface area contributed by atoms with Crippen LogP contribution in [0, 0.1) is 5.82 Å². The summed E-state index contributed by atoms with van der Waals surface area (Å²) in [6.45, 7) is 5.10. The third-order valence-corrected chi connectivity index (χ3v) is 4.94. The summed E-state index contributed by atoms with van der Waals surface area (Å²) in [6.07, 6.45) is -1.24. The van der Waals surface area contributed by atoms with Crippen LogP contribution in [0.1, 0.15) is 17.3 Å². The van der Waals surface area contributed by atoms with Gasteiger partial charge in [-0.25, -0.2) is 4.39 Å². The van der Waals surface area contributed by atoms with Crippen LogP contribution in [0.15, 0.2) is 24.3 Å². The Morgan fingerprint density at radius 1 is 1.31 bits per heavy atom. The van der Waals surface area contributed by atoms with Gasteiger partial charge in [0.2, 0.25) is 5.91 Å². The number of ether oxygens (including phenoxy) is 1. The molecule has 0 radical (unpaired) electrons. The summed E-state index contributed by atoms with van der Waals surface area (Å²) in [4.78, 5) is 27.5. The van der Waals surface area contributed by atoms with Crippen molar-refractivity contribution in [3.05, 3.63) is 35.6 Å². The fraction of sp³-hybridized carbons (Fsp3) is 0.556. The van der Waals surface area contributed by atoms with Gasteiger partial charge in [0.1, 0.15) is 11.9 Å². The SMILES string of the molecule is CC(=O)N1CCN(CC2OCC(NC(=O)c3cccc(F)c3)C2O)CC1. The molecule has 0 aliphatic carbocycles. The molecule has 2 heterocycles. The summed E-state index contributed by atoms with van der Waals surface area (Å²) < 4.78 is 18.9. The monoisotopic (exact) mass is 365 g/mol. The second-order valence-electron chi connectivity index (χ2n) is 6.76. The summed E-state index contributed by atoms with van der Waals surface area (Å²) in [5.41, 5.74) is 0.209. The highest BCUT2D eigenvalue weighted by atomic mass is 19.1. The van der Waals surface area contributed by atoms with Gasteiger partial charge in [-0.1, -0.05) is 6.07 Å². The van der Waals surface area contributed by atoms with Gasteiger partial charge in [-0.2, -0.15) is 0 Å². The van der Waals surface area contributed by atoms with E-state index < -0.39 is 30.0 Å². The van der Waals surface area contributed by atoms with E-state index in [2.05, 4.69) is 10.2 Å². The number of halogens is 1. The number of hydrogen-bond acceptors (Lipinski definition) is 5. The number of aliphatic hydroxyl groups is 1. The molecule has 2 aliphatic heterocycles. The van der Waals surface area contributed by atoms with E-state index in [1.54, 1.807) is 11.8 Å². The molecule has 3 atom stereocenters. The molecule has 1 aromatic carbocycles. The van der Waals surface area contributed by atoms with Crippen molar-refractivity contribution in [1.29, 1.82) is 0 Å². The maximum atomic E-state index is 13.2. The zero-order valence-electron chi connectivity index (χ0n) is 14.7. The number of carbonyl (C=O) groups excluding carboxylic acids is 2. The number of nitrogens with one attached hydrogen (secondary N) is 1. The van der Waals surface area contributed by atoms with Crippen LogP contribution in [0.3, 0.4) is 0 Å². The van der Waals surface area contributed by atoms with Crippen molar-refractivity contribution in [2.45, 2.75) is 25.2 Å². The molecular weight excluding hydrogens is 341 g/mol. The van der Waals surface area contributed by atoms with Gasteiger partial charge >= 0.3 is 0 Å². The first-order valence-electron chi connectivity index (χ1n) is 8.78. The maximum Gasteiger partial charge on any atom is 0.251 e. The van der Waals surface area contributed by atoms with Crippen LogP contribution in [0.25, 0.3) is 0 Å². The van der Waals surface area contributed by atoms with E-state index in [-0.39, 0.29) is 18.1 Å². The minimum atomic E-state index is -0.835. The van der Waals surface area contributed by atoms with Crippen LogP contribution in [0.4, 0.5) is 4.39 Å². The molecule has 0 saturated carbocycles. The molecule has 0 aromatic heterocycles. The Hall–Kier alpha value is -2.03. The average Bonchev–Trinajstić information content (AvgIpc) is 2.95. The Labute approximate surface area is 151 Å². The zero-order valence-corrected chi connectivity index (χ0v) is 14.7. The lowest BCUT2D eigenvalue weighted by atomic mass is 10.1. The molecule has 2 N–H and O–H groups in total. The largest absolute Gasteiger partial charge is 0.388 e. The van der Waals surface area contributed by atoms with E-state index in [4.69, 9.17) is 4.74 Å². The van der Waals surface area contributed by atoms with Crippen LogP contribution in [-0.4, -0.2) is 84.3 Å². The highest BCUT2D eigenvalue weighted by Crippen LogP contribution is 2.17. The molecule has 2 aliphatic rings. The molecule has 2 saturated heterocycles. The second-order valence-corrected chi connectivity index (χ2v) is 6.76. The highest BCUT2D eigenvalue weighted by molar-refractivity contribution is 5.94. The lowest BCUT2D eigenvalue weighted by molar-refractivity contribution is -0.130. The molecule has 142 valence electrons. The maximum absolute atomic E-state index is 13.2. The predicted octanol–water partition coefficient (Wildman–Crippen LogP) is -0.152. The summed E-state index contributed by atoms with van der Waals surface area (Å²) in [7, 11) is 0. The van der Waals surface area contributed by atoms with Crippen molar-refractivity contribution in [3.8, 4) is 0 Å². The molecule has 3 rings (SSSR count). The summed E-state index contributed by atoms with van der Waals surface area (Å²) in [6, 6.07) is 4.88. The third-order valence-electron chi connectivity index (χ3n) is 4.94. The van der Waals surface area contributed by atoms with Gasteiger partial charge in [0.25, 0.3) is 5.91 Å². The number of amides is 2. The molecule has 2 amide bonds. The van der Waals surface area contributed by atoms with E-state index in [0.717, 1.165) is 19.2 Å². The minimum Gasteiger partial charge on any atom is -0.388 e. The number of hydrogen-bond donors (Lipinski definition) is 2. The fourth-order valence-corrected chi connectivity index (χ4v) is 3.35. The number of piperazine rings is 1. The van der Waals surface area contributed by atoms with Crippen molar-refractivity contribution in [2.24, 2.45) is 0 Å². The number of rotatable bonds is 4. The lowest BCUT2D eigenvalue weighted by Gasteiger charge is -2.35. The molecule has 7 nitrogen and oxygen atoms in total. The van der Waals surface area contributed by atoms with Gasteiger partial charge in [0, 0.05) is 45.2 Å². The topological polar surface area (TPSA) is 82.1 Å². The van der Waals surface area contributed by atoms with Gasteiger partial charge in [0.15, 0.2) is 0 Å². The fourth-order valence-electron chi connectivity index (χ4n) is 3.35. The quantitative estimate of drug-likeness (QED) is 0.775. The van der Waals surface area contributed by atoms with E-state index in [0.29, 0.717) is 19.6 Å². The number of nitrogens with zero attached hydrogens (tertiary/aromatic N) is 2. The first-order chi connectivity index (χ1) is 12.4. The lowest BCUT2D eigenvalue weighted by Crippen LogP contribution is -2.52. The van der Waals surface area contributed by atoms with Crippen molar-refractivity contribution in [1.82, 2.24) is 15.1 Å². The first-order valence-corrected chi connectivity index (χ1v) is 8.78. The molecule has 0 bridgehead atoms. The van der Waals surface area contributed by atoms with Crippen molar-refractivity contribution >= 4 is 11.8 Å². The Balaban J connectivity index is 1.49. The third kappa shape index (κ3) is 4.38. The molecule has 0 spiro atoms. The van der Waals surface area contributed by atoms with Crippen molar-refractivity contribution < 1.29 is 23.8 Å². The molecular formula is C18H24FN3O4. The summed E-state index contributed by atoms with van der Waals surface area (Å²) in [5.74, 6) is -0.849. The van der Waals surface area contributed by atoms with E-state index in [1.807, 2.05) is 0 Å². The Bertz CT molecular complexity index is 664. The Kier molecular flexibility index (Phi) is 5.85. The van der Waals surface area contributed by atoms with Gasteiger partial charge in [-0.15, -0.1) is 0 Å². The molecule has 3 unspecified atom stereocenters. The van der Waals surface area contributed by atoms with Gasteiger partial charge < -0.3 is 20.1 Å². The van der Waals surface area contributed by atoms with Crippen molar-refractivity contribution in [2.75, 3.05) is 39.3 Å². The van der Waals surface area contributed by atoms with Gasteiger partial charge in [-0.3, -0.25) is 14.5 Å². The Morgan fingerprint density at radius 3 is 2.69 bits per heavy atom.